The topological polar surface area (TPSA) is 57.5 Å². The molecule has 0 amide bonds. The lowest BCUT2D eigenvalue weighted by molar-refractivity contribution is -0.131. The molecule has 1 atom stereocenters. The Morgan fingerprint density at radius 2 is 1.77 bits per heavy atom. The van der Waals surface area contributed by atoms with Gasteiger partial charge >= 0.3 is 5.97 Å². The zero-order valence-electron chi connectivity index (χ0n) is 8.66. The van der Waals surface area contributed by atoms with E-state index in [1.54, 1.807) is 6.92 Å². The van der Waals surface area contributed by atoms with Gasteiger partial charge in [-0.1, -0.05) is 26.8 Å². The summed E-state index contributed by atoms with van der Waals surface area (Å²) in [5, 5.41) is 18.3. The van der Waals surface area contributed by atoms with Crippen LogP contribution in [0.5, 0.6) is 0 Å². The molecule has 0 aromatic heterocycles. The predicted octanol–water partition coefficient (Wildman–Crippen LogP) is 1.81. The molecular weight excluding hydrogens is 168 g/mol. The molecule has 3 heteroatoms. The van der Waals surface area contributed by atoms with Crippen molar-refractivity contribution in [2.45, 2.75) is 39.7 Å². The zero-order valence-corrected chi connectivity index (χ0v) is 8.66. The minimum atomic E-state index is -0.982. The van der Waals surface area contributed by atoms with E-state index in [1.807, 2.05) is 20.8 Å². The van der Waals surface area contributed by atoms with Crippen LogP contribution in [-0.2, 0) is 4.79 Å². The number of aliphatic hydroxyl groups is 1. The fraction of sp³-hybridized carbons (Fsp3) is 0.700. The molecule has 76 valence electrons. The highest BCUT2D eigenvalue weighted by Gasteiger charge is 2.33. The fourth-order valence-corrected chi connectivity index (χ4v) is 0.695. The van der Waals surface area contributed by atoms with Gasteiger partial charge in [-0.3, -0.25) is 0 Å². The number of carboxylic acids is 1. The predicted molar refractivity (Wildman–Crippen MR) is 51.5 cm³/mol. The molecule has 0 saturated heterocycles. The van der Waals surface area contributed by atoms with Crippen LogP contribution in [-0.4, -0.2) is 21.8 Å². The van der Waals surface area contributed by atoms with Crippen molar-refractivity contribution in [2.75, 3.05) is 0 Å². The van der Waals surface area contributed by atoms with Gasteiger partial charge in [-0.2, -0.15) is 0 Å². The van der Waals surface area contributed by atoms with Gasteiger partial charge in [-0.15, -0.1) is 0 Å². The minimum absolute atomic E-state index is 0.254. The maximum absolute atomic E-state index is 10.2. The van der Waals surface area contributed by atoms with Gasteiger partial charge in [0.15, 0.2) is 0 Å². The summed E-state index contributed by atoms with van der Waals surface area (Å²) < 4.78 is 0. The first-order chi connectivity index (χ1) is 5.67. The highest BCUT2D eigenvalue weighted by atomic mass is 16.4. The molecule has 0 saturated carbocycles. The third-order valence-corrected chi connectivity index (χ3v) is 2.39. The highest BCUT2D eigenvalue weighted by Crippen LogP contribution is 2.32. The van der Waals surface area contributed by atoms with E-state index in [2.05, 4.69) is 0 Å². The Balaban J connectivity index is 4.27. The van der Waals surface area contributed by atoms with Gasteiger partial charge in [0.25, 0.3) is 0 Å². The first-order valence-electron chi connectivity index (χ1n) is 4.29. The molecule has 0 rings (SSSR count). The van der Waals surface area contributed by atoms with Crippen molar-refractivity contribution in [3.63, 3.8) is 0 Å². The summed E-state index contributed by atoms with van der Waals surface area (Å²) in [6.07, 6.45) is 2.89. The number of aliphatic carboxylic acids is 1. The van der Waals surface area contributed by atoms with Crippen LogP contribution in [0.2, 0.25) is 0 Å². The normalized spacial score (nSPS) is 17.3. The molecule has 0 aliphatic rings. The van der Waals surface area contributed by atoms with Crippen molar-refractivity contribution < 1.29 is 15.0 Å². The van der Waals surface area contributed by atoms with Crippen LogP contribution in [0.3, 0.4) is 0 Å². The number of carboxylic acid groups (broad SMARTS) is 1. The summed E-state index contributed by atoms with van der Waals surface area (Å²) in [5.41, 5.74) is -1.13. The molecule has 0 fully saturated rings. The lowest BCUT2D eigenvalue weighted by Crippen LogP contribution is -2.39. The molecule has 0 radical (unpaired) electrons. The van der Waals surface area contributed by atoms with E-state index in [9.17, 15) is 9.90 Å². The second-order valence-electron chi connectivity index (χ2n) is 4.47. The third-order valence-electron chi connectivity index (χ3n) is 2.39. The lowest BCUT2D eigenvalue weighted by Gasteiger charge is -2.36. The number of rotatable bonds is 3. The van der Waals surface area contributed by atoms with Crippen molar-refractivity contribution in [3.8, 4) is 0 Å². The van der Waals surface area contributed by atoms with Crippen molar-refractivity contribution >= 4 is 5.97 Å². The lowest BCUT2D eigenvalue weighted by atomic mass is 9.76. The Bertz CT molecular complexity index is 209. The first-order valence-corrected chi connectivity index (χ1v) is 4.29. The first kappa shape index (κ1) is 12.2. The summed E-state index contributed by atoms with van der Waals surface area (Å²) in [6, 6.07) is 0. The van der Waals surface area contributed by atoms with Gasteiger partial charge in [-0.05, 0) is 18.8 Å². The third kappa shape index (κ3) is 4.08. The molecular formula is C10H18O3. The van der Waals surface area contributed by atoms with Crippen molar-refractivity contribution in [2.24, 2.45) is 5.41 Å². The maximum atomic E-state index is 10.2. The standard InChI is InChI=1S/C10H18O3/c1-9(2,3)10(4,13)7-5-6-8(11)12/h5-6,13H,7H2,1-4H3,(H,11,12)/b6-5+. The number of hydrogen-bond donors (Lipinski definition) is 2. The fourth-order valence-electron chi connectivity index (χ4n) is 0.695. The molecule has 0 aliphatic heterocycles. The van der Waals surface area contributed by atoms with Gasteiger partial charge in [0.1, 0.15) is 0 Å². The Morgan fingerprint density at radius 1 is 1.31 bits per heavy atom. The Labute approximate surface area is 79.1 Å². The Hall–Kier alpha value is -0.830. The smallest absolute Gasteiger partial charge is 0.327 e. The minimum Gasteiger partial charge on any atom is -0.478 e. The van der Waals surface area contributed by atoms with Gasteiger partial charge in [0, 0.05) is 6.08 Å². The average molecular weight is 186 g/mol. The van der Waals surface area contributed by atoms with Crippen LogP contribution in [0.1, 0.15) is 34.1 Å². The molecule has 2 N–H and O–H groups in total. The Morgan fingerprint density at radius 3 is 2.08 bits per heavy atom. The van der Waals surface area contributed by atoms with E-state index in [1.165, 1.54) is 6.08 Å². The molecule has 0 bridgehead atoms. The van der Waals surface area contributed by atoms with E-state index in [0.29, 0.717) is 6.42 Å². The second-order valence-corrected chi connectivity index (χ2v) is 4.47. The molecule has 1 unspecified atom stereocenters. The molecule has 0 aliphatic carbocycles. The van der Waals surface area contributed by atoms with Gasteiger partial charge in [0.2, 0.25) is 0 Å². The van der Waals surface area contributed by atoms with Crippen molar-refractivity contribution in [1.82, 2.24) is 0 Å². The van der Waals surface area contributed by atoms with E-state index in [-0.39, 0.29) is 5.41 Å². The number of carbonyl (C=O) groups is 1. The SMILES string of the molecule is CC(C)(C)C(C)(O)C/C=C/C(=O)O. The monoisotopic (exact) mass is 186 g/mol. The van der Waals surface area contributed by atoms with Crippen molar-refractivity contribution in [3.05, 3.63) is 12.2 Å². The largest absolute Gasteiger partial charge is 0.478 e. The van der Waals surface area contributed by atoms with Gasteiger partial charge in [-0.25, -0.2) is 4.79 Å². The van der Waals surface area contributed by atoms with Crippen LogP contribution in [0, 0.1) is 5.41 Å². The van der Waals surface area contributed by atoms with Crippen LogP contribution in [0.4, 0.5) is 0 Å². The molecule has 0 aromatic carbocycles. The van der Waals surface area contributed by atoms with Crippen molar-refractivity contribution in [1.29, 1.82) is 0 Å². The highest BCUT2D eigenvalue weighted by molar-refractivity contribution is 5.79. The molecule has 0 aromatic rings. The van der Waals surface area contributed by atoms with Crippen LogP contribution in [0.15, 0.2) is 12.2 Å². The Kier molecular flexibility index (Phi) is 3.67. The van der Waals surface area contributed by atoms with E-state index >= 15 is 0 Å². The van der Waals surface area contributed by atoms with Crippen LogP contribution >= 0.6 is 0 Å². The van der Waals surface area contributed by atoms with Crippen LogP contribution in [0.25, 0.3) is 0 Å². The number of hydrogen-bond acceptors (Lipinski definition) is 2. The van der Waals surface area contributed by atoms with Gasteiger partial charge in [0.05, 0.1) is 5.60 Å². The summed E-state index contributed by atoms with van der Waals surface area (Å²) in [4.78, 5) is 10.2. The van der Waals surface area contributed by atoms with E-state index in [0.717, 1.165) is 6.08 Å². The van der Waals surface area contributed by atoms with E-state index in [4.69, 9.17) is 5.11 Å². The second kappa shape index (κ2) is 3.92. The van der Waals surface area contributed by atoms with Gasteiger partial charge < -0.3 is 10.2 Å². The maximum Gasteiger partial charge on any atom is 0.327 e. The zero-order chi connectivity index (χ0) is 10.7. The van der Waals surface area contributed by atoms with E-state index < -0.39 is 11.6 Å². The average Bonchev–Trinajstić information content (AvgIpc) is 1.82. The van der Waals surface area contributed by atoms with Crippen LogP contribution < -0.4 is 0 Å². The summed E-state index contributed by atoms with van der Waals surface area (Å²) in [6.45, 7) is 7.46. The summed E-state index contributed by atoms with van der Waals surface area (Å²) >= 11 is 0. The summed E-state index contributed by atoms with van der Waals surface area (Å²) in [5.74, 6) is -0.982. The quantitative estimate of drug-likeness (QED) is 0.661. The summed E-state index contributed by atoms with van der Waals surface area (Å²) in [7, 11) is 0. The molecule has 0 spiro atoms. The molecule has 0 heterocycles. The molecule has 3 nitrogen and oxygen atoms in total. The molecule has 13 heavy (non-hydrogen) atoms.